The lowest BCUT2D eigenvalue weighted by molar-refractivity contribution is -0.122. The Morgan fingerprint density at radius 3 is 2.92 bits per heavy atom. The van der Waals surface area contributed by atoms with Gasteiger partial charge in [0, 0.05) is 25.8 Å². The van der Waals surface area contributed by atoms with Gasteiger partial charge in [-0.2, -0.15) is 0 Å². The van der Waals surface area contributed by atoms with Crippen LogP contribution in [-0.4, -0.2) is 35.7 Å². The Bertz CT molecular complexity index is 814. The summed E-state index contributed by atoms with van der Waals surface area (Å²) in [5, 5.41) is 12.3. The molecule has 1 fully saturated rings. The highest BCUT2D eigenvalue weighted by Gasteiger charge is 2.35. The quantitative estimate of drug-likeness (QED) is 0.833. The van der Waals surface area contributed by atoms with Gasteiger partial charge in [-0.3, -0.25) is 9.59 Å². The van der Waals surface area contributed by atoms with E-state index in [1.807, 2.05) is 0 Å². The fraction of sp³-hybridized carbons (Fsp3) is 0.333. The van der Waals surface area contributed by atoms with Gasteiger partial charge in [0.15, 0.2) is 0 Å². The number of carbonyl (C=O) groups excluding carboxylic acids is 2. The van der Waals surface area contributed by atoms with Gasteiger partial charge < -0.3 is 15.0 Å². The van der Waals surface area contributed by atoms with Crippen molar-refractivity contribution < 1.29 is 14.3 Å². The molecule has 0 aliphatic carbocycles. The van der Waals surface area contributed by atoms with Crippen molar-refractivity contribution in [2.24, 2.45) is 5.92 Å². The second kappa shape index (κ2) is 7.65. The normalized spacial score (nSPS) is 17.2. The summed E-state index contributed by atoms with van der Waals surface area (Å²) < 4.78 is 4.96. The zero-order valence-corrected chi connectivity index (χ0v) is 15.5. The molecule has 1 aliphatic rings. The third-order valence-corrected chi connectivity index (χ3v) is 5.23. The molecule has 7 nitrogen and oxygen atoms in total. The molecule has 0 radical (unpaired) electrons. The molecule has 0 spiro atoms. The molecule has 1 aromatic carbocycles. The predicted molar refractivity (Wildman–Crippen MR) is 96.2 cm³/mol. The maximum Gasteiger partial charge on any atom is 0.231 e. The van der Waals surface area contributed by atoms with Crippen LogP contribution in [0.15, 0.2) is 18.2 Å². The van der Waals surface area contributed by atoms with E-state index in [1.54, 1.807) is 25.3 Å². The summed E-state index contributed by atoms with van der Waals surface area (Å²) in [6.45, 7) is 0.604. The standard InChI is InChI=1S/C15H14Cl2N4O3S/c1-24-7-12-19-20-15(25-12)18-14(23)8-4-13(22)21(6-8)9-2-3-10(16)11(17)5-9/h2-3,5,8H,4,6-7H2,1H3,(H,18,20,23)/t8-/m0/s1. The highest BCUT2D eigenvalue weighted by atomic mass is 35.5. The van der Waals surface area contributed by atoms with Crippen molar-refractivity contribution in [3.63, 3.8) is 0 Å². The SMILES string of the molecule is COCc1nnc(NC(=O)[C@H]2CC(=O)N(c3ccc(Cl)c(Cl)c3)C2)s1. The molecule has 3 rings (SSSR count). The Morgan fingerprint density at radius 1 is 1.40 bits per heavy atom. The van der Waals surface area contributed by atoms with Crippen molar-refractivity contribution in [3.05, 3.63) is 33.3 Å². The molecule has 2 amide bonds. The third kappa shape index (κ3) is 4.09. The number of carbonyl (C=O) groups is 2. The number of nitrogens with one attached hydrogen (secondary N) is 1. The summed E-state index contributed by atoms with van der Waals surface area (Å²) in [7, 11) is 1.56. The van der Waals surface area contributed by atoms with Gasteiger partial charge in [-0.05, 0) is 18.2 Å². The van der Waals surface area contributed by atoms with E-state index in [1.165, 1.54) is 16.2 Å². The lowest BCUT2D eigenvalue weighted by Crippen LogP contribution is -2.28. The monoisotopic (exact) mass is 400 g/mol. The molecular weight excluding hydrogens is 387 g/mol. The average molecular weight is 401 g/mol. The summed E-state index contributed by atoms with van der Waals surface area (Å²) in [5.41, 5.74) is 0.619. The van der Waals surface area contributed by atoms with E-state index in [0.717, 1.165) is 0 Å². The minimum absolute atomic E-state index is 0.121. The van der Waals surface area contributed by atoms with Crippen molar-refractivity contribution in [2.75, 3.05) is 23.9 Å². The van der Waals surface area contributed by atoms with Crippen LogP contribution >= 0.6 is 34.5 Å². The van der Waals surface area contributed by atoms with Crippen LogP contribution in [0.3, 0.4) is 0 Å². The number of nitrogens with zero attached hydrogens (tertiary/aromatic N) is 3. The molecule has 0 bridgehead atoms. The lowest BCUT2D eigenvalue weighted by Gasteiger charge is -2.17. The van der Waals surface area contributed by atoms with Crippen molar-refractivity contribution in [1.29, 1.82) is 0 Å². The van der Waals surface area contributed by atoms with Gasteiger partial charge in [0.1, 0.15) is 11.6 Å². The number of halogens is 2. The molecule has 2 heterocycles. The number of anilines is 2. The molecule has 1 atom stereocenters. The van der Waals surface area contributed by atoms with E-state index >= 15 is 0 Å². The van der Waals surface area contributed by atoms with Gasteiger partial charge in [0.05, 0.1) is 16.0 Å². The van der Waals surface area contributed by atoms with Crippen molar-refractivity contribution in [3.8, 4) is 0 Å². The van der Waals surface area contributed by atoms with Crippen LogP contribution in [0.1, 0.15) is 11.4 Å². The topological polar surface area (TPSA) is 84.4 Å². The largest absolute Gasteiger partial charge is 0.377 e. The Kier molecular flexibility index (Phi) is 5.53. The predicted octanol–water partition coefficient (Wildman–Crippen LogP) is 2.98. The Balaban J connectivity index is 1.66. The average Bonchev–Trinajstić information content (AvgIpc) is 3.17. The number of rotatable bonds is 5. The zero-order chi connectivity index (χ0) is 18.0. The van der Waals surface area contributed by atoms with Crippen LogP contribution in [0.4, 0.5) is 10.8 Å². The summed E-state index contributed by atoms with van der Waals surface area (Å²) >= 11 is 13.1. The van der Waals surface area contributed by atoms with Crippen LogP contribution in [0, 0.1) is 5.92 Å². The summed E-state index contributed by atoms with van der Waals surface area (Å²) in [6.07, 6.45) is 0.121. The summed E-state index contributed by atoms with van der Waals surface area (Å²) in [4.78, 5) is 26.2. The third-order valence-electron chi connectivity index (χ3n) is 3.68. The first-order valence-corrected chi connectivity index (χ1v) is 8.92. The first-order chi connectivity index (χ1) is 12.0. The number of hydrogen-bond donors (Lipinski definition) is 1. The Morgan fingerprint density at radius 2 is 2.20 bits per heavy atom. The first-order valence-electron chi connectivity index (χ1n) is 7.35. The lowest BCUT2D eigenvalue weighted by atomic mass is 10.1. The molecular formula is C15H14Cl2N4O3S. The summed E-state index contributed by atoms with van der Waals surface area (Å²) in [6, 6.07) is 4.94. The number of benzene rings is 1. The van der Waals surface area contributed by atoms with Gasteiger partial charge in [0.2, 0.25) is 16.9 Å². The van der Waals surface area contributed by atoms with Crippen molar-refractivity contribution >= 4 is 57.2 Å². The van der Waals surface area contributed by atoms with E-state index in [9.17, 15) is 9.59 Å². The molecule has 10 heteroatoms. The van der Waals surface area contributed by atoms with E-state index in [-0.39, 0.29) is 24.8 Å². The van der Waals surface area contributed by atoms with Crippen molar-refractivity contribution in [1.82, 2.24) is 10.2 Å². The minimum Gasteiger partial charge on any atom is -0.377 e. The highest BCUT2D eigenvalue weighted by Crippen LogP contribution is 2.31. The molecule has 2 aromatic rings. The molecule has 0 saturated carbocycles. The Hall–Kier alpha value is -1.74. The van der Waals surface area contributed by atoms with Crippen LogP contribution in [0.2, 0.25) is 10.0 Å². The number of ether oxygens (including phenoxy) is 1. The van der Waals surface area contributed by atoms with Gasteiger partial charge in [0.25, 0.3) is 0 Å². The maximum atomic E-state index is 12.4. The fourth-order valence-electron chi connectivity index (χ4n) is 2.48. The molecule has 1 aromatic heterocycles. The molecule has 1 saturated heterocycles. The van der Waals surface area contributed by atoms with Gasteiger partial charge in [-0.25, -0.2) is 0 Å². The number of methoxy groups -OCH3 is 1. The van der Waals surface area contributed by atoms with Gasteiger partial charge in [-0.15, -0.1) is 10.2 Å². The molecule has 25 heavy (non-hydrogen) atoms. The van der Waals surface area contributed by atoms with Crippen LogP contribution in [-0.2, 0) is 20.9 Å². The van der Waals surface area contributed by atoms with Crippen molar-refractivity contribution in [2.45, 2.75) is 13.0 Å². The number of hydrogen-bond acceptors (Lipinski definition) is 6. The molecule has 0 unspecified atom stereocenters. The number of amides is 2. The van der Waals surface area contributed by atoms with E-state index in [4.69, 9.17) is 27.9 Å². The van der Waals surface area contributed by atoms with Crippen LogP contribution in [0.25, 0.3) is 0 Å². The molecule has 132 valence electrons. The van der Waals surface area contributed by atoms with E-state index in [0.29, 0.717) is 32.5 Å². The van der Waals surface area contributed by atoms with Crippen LogP contribution in [0.5, 0.6) is 0 Å². The zero-order valence-electron chi connectivity index (χ0n) is 13.2. The molecule has 1 N–H and O–H groups in total. The maximum absolute atomic E-state index is 12.4. The van der Waals surface area contributed by atoms with Crippen LogP contribution < -0.4 is 10.2 Å². The first kappa shape index (κ1) is 18.1. The molecule has 1 aliphatic heterocycles. The summed E-state index contributed by atoms with van der Waals surface area (Å²) in [5.74, 6) is -0.886. The second-order valence-corrected chi connectivity index (χ2v) is 7.30. The fourth-order valence-corrected chi connectivity index (χ4v) is 3.49. The minimum atomic E-state index is -0.475. The van der Waals surface area contributed by atoms with E-state index < -0.39 is 5.92 Å². The number of aromatic nitrogens is 2. The highest BCUT2D eigenvalue weighted by molar-refractivity contribution is 7.15. The van der Waals surface area contributed by atoms with E-state index in [2.05, 4.69) is 15.5 Å². The van der Waals surface area contributed by atoms with Gasteiger partial charge in [-0.1, -0.05) is 34.5 Å². The van der Waals surface area contributed by atoms with Gasteiger partial charge >= 0.3 is 0 Å². The smallest absolute Gasteiger partial charge is 0.231 e. The second-order valence-electron chi connectivity index (χ2n) is 5.43. The Labute approximate surface area is 157 Å².